The van der Waals surface area contributed by atoms with Gasteiger partial charge in [-0.3, -0.25) is 8.37 Å². The third kappa shape index (κ3) is 6.04. The van der Waals surface area contributed by atoms with Crippen LogP contribution in [0, 0.1) is 0 Å². The maximum atomic E-state index is 12.0. The van der Waals surface area contributed by atoms with E-state index in [0.29, 0.717) is 12.2 Å². The van der Waals surface area contributed by atoms with Crippen molar-refractivity contribution in [3.05, 3.63) is 24.3 Å². The van der Waals surface area contributed by atoms with Crippen molar-refractivity contribution < 1.29 is 30.8 Å². The zero-order chi connectivity index (χ0) is 16.7. The monoisotopic (exact) mass is 350 g/mol. The van der Waals surface area contributed by atoms with Crippen LogP contribution in [0.1, 0.15) is 25.7 Å². The Hall–Kier alpha value is -1.25. The minimum absolute atomic E-state index is 0.295. The van der Waals surface area contributed by atoms with Crippen molar-refractivity contribution in [2.45, 2.75) is 44.3 Å². The molecule has 1 aromatic carbocycles. The number of hydrogen-bond acceptors (Lipinski definition) is 5. The predicted octanol–water partition coefficient (Wildman–Crippen LogP) is 3.26. The molecule has 2 rings (SSSR count). The molecule has 0 amide bonds. The Balaban J connectivity index is 1.90. The standard InChI is InChI=1S/C15H20F2O5S/c1-19-11-6-8-12(9-7-11)21-13-4-2-3-5-14(13)22-23(18)20-10-15(16)17/h6-9,13-15H,2-5,10H2,1H3. The van der Waals surface area contributed by atoms with E-state index >= 15 is 0 Å². The van der Waals surface area contributed by atoms with Crippen molar-refractivity contribution in [3.8, 4) is 11.5 Å². The number of alkyl halides is 2. The van der Waals surface area contributed by atoms with E-state index in [1.165, 1.54) is 0 Å². The number of rotatable bonds is 8. The first-order valence-corrected chi connectivity index (χ1v) is 8.39. The summed E-state index contributed by atoms with van der Waals surface area (Å²) in [5, 5.41) is 0. The summed E-state index contributed by atoms with van der Waals surface area (Å²) < 4.78 is 56.3. The molecule has 0 aliphatic heterocycles. The van der Waals surface area contributed by atoms with Crippen molar-refractivity contribution in [1.82, 2.24) is 0 Å². The maximum absolute atomic E-state index is 12.0. The third-order valence-corrected chi connectivity index (χ3v) is 4.21. The second-order valence-corrected chi connectivity index (χ2v) is 5.97. The first kappa shape index (κ1) is 18.1. The first-order chi connectivity index (χ1) is 11.1. The summed E-state index contributed by atoms with van der Waals surface area (Å²) >= 11 is -2.20. The SMILES string of the molecule is COc1ccc(OC2CCCCC2OS(=O)OCC(F)F)cc1. The molecule has 130 valence electrons. The molecule has 0 saturated heterocycles. The molecule has 1 saturated carbocycles. The average molecular weight is 350 g/mol. The number of ether oxygens (including phenoxy) is 2. The van der Waals surface area contributed by atoms with E-state index in [2.05, 4.69) is 4.18 Å². The van der Waals surface area contributed by atoms with Gasteiger partial charge in [0.15, 0.2) is 0 Å². The molecule has 3 unspecified atom stereocenters. The zero-order valence-electron chi connectivity index (χ0n) is 12.8. The quantitative estimate of drug-likeness (QED) is 0.720. The van der Waals surface area contributed by atoms with Crippen LogP contribution in [-0.4, -0.2) is 36.6 Å². The van der Waals surface area contributed by atoms with Gasteiger partial charge in [-0.15, -0.1) is 0 Å². The Morgan fingerprint density at radius 1 is 1.13 bits per heavy atom. The second kappa shape index (κ2) is 9.14. The van der Waals surface area contributed by atoms with Gasteiger partial charge in [0.1, 0.15) is 30.3 Å². The number of methoxy groups -OCH3 is 1. The lowest BCUT2D eigenvalue weighted by atomic mass is 9.95. The number of benzene rings is 1. The Kier molecular flexibility index (Phi) is 7.19. The molecule has 0 spiro atoms. The molecule has 3 atom stereocenters. The van der Waals surface area contributed by atoms with Gasteiger partial charge in [-0.1, -0.05) is 6.42 Å². The van der Waals surface area contributed by atoms with Gasteiger partial charge in [-0.25, -0.2) is 8.78 Å². The topological polar surface area (TPSA) is 54.0 Å². The zero-order valence-corrected chi connectivity index (χ0v) is 13.6. The second-order valence-electron chi connectivity index (χ2n) is 5.13. The summed E-state index contributed by atoms with van der Waals surface area (Å²) in [5.41, 5.74) is 0. The minimum Gasteiger partial charge on any atom is -0.497 e. The van der Waals surface area contributed by atoms with Gasteiger partial charge in [-0.05, 0) is 43.5 Å². The highest BCUT2D eigenvalue weighted by Crippen LogP contribution is 2.27. The Morgan fingerprint density at radius 3 is 2.35 bits per heavy atom. The summed E-state index contributed by atoms with van der Waals surface area (Å²) in [5.74, 6) is 1.36. The Morgan fingerprint density at radius 2 is 1.74 bits per heavy atom. The normalized spacial score (nSPS) is 22.8. The summed E-state index contributed by atoms with van der Waals surface area (Å²) in [7, 11) is 1.58. The van der Waals surface area contributed by atoms with Crippen molar-refractivity contribution in [2.24, 2.45) is 0 Å². The molecule has 0 bridgehead atoms. The van der Waals surface area contributed by atoms with Crippen LogP contribution in [0.15, 0.2) is 24.3 Å². The van der Waals surface area contributed by atoms with Gasteiger partial charge in [0, 0.05) is 0 Å². The summed E-state index contributed by atoms with van der Waals surface area (Å²) in [6, 6.07) is 7.10. The van der Waals surface area contributed by atoms with Gasteiger partial charge in [0.2, 0.25) is 0 Å². The van der Waals surface area contributed by atoms with Crippen LogP contribution < -0.4 is 9.47 Å². The van der Waals surface area contributed by atoms with Gasteiger partial charge < -0.3 is 9.47 Å². The van der Waals surface area contributed by atoms with E-state index in [9.17, 15) is 13.0 Å². The van der Waals surface area contributed by atoms with Crippen LogP contribution in [0.3, 0.4) is 0 Å². The van der Waals surface area contributed by atoms with Crippen LogP contribution in [0.5, 0.6) is 11.5 Å². The summed E-state index contributed by atoms with van der Waals surface area (Å²) in [4.78, 5) is 0. The van der Waals surface area contributed by atoms with Crippen molar-refractivity contribution in [2.75, 3.05) is 13.7 Å². The van der Waals surface area contributed by atoms with E-state index < -0.39 is 30.5 Å². The molecule has 1 aliphatic carbocycles. The summed E-state index contributed by atoms with van der Waals surface area (Å²) in [6.07, 6.45) is -0.182. The number of hydrogen-bond donors (Lipinski definition) is 0. The Bertz CT molecular complexity index is 497. The first-order valence-electron chi connectivity index (χ1n) is 7.39. The average Bonchev–Trinajstić information content (AvgIpc) is 2.55. The molecule has 23 heavy (non-hydrogen) atoms. The lowest BCUT2D eigenvalue weighted by Crippen LogP contribution is -2.37. The van der Waals surface area contributed by atoms with E-state index in [0.717, 1.165) is 25.0 Å². The predicted molar refractivity (Wildman–Crippen MR) is 80.8 cm³/mol. The molecule has 0 heterocycles. The van der Waals surface area contributed by atoms with Crippen molar-refractivity contribution >= 4 is 11.4 Å². The fourth-order valence-electron chi connectivity index (χ4n) is 2.37. The van der Waals surface area contributed by atoms with Crippen LogP contribution in [0.4, 0.5) is 8.78 Å². The fraction of sp³-hybridized carbons (Fsp3) is 0.600. The van der Waals surface area contributed by atoms with E-state index in [-0.39, 0.29) is 6.10 Å². The highest BCUT2D eigenvalue weighted by Gasteiger charge is 2.30. The molecule has 0 N–H and O–H groups in total. The largest absolute Gasteiger partial charge is 0.497 e. The molecule has 8 heteroatoms. The van der Waals surface area contributed by atoms with Gasteiger partial charge in [0.05, 0.1) is 7.11 Å². The molecule has 1 aliphatic rings. The van der Waals surface area contributed by atoms with E-state index in [4.69, 9.17) is 13.7 Å². The van der Waals surface area contributed by atoms with Gasteiger partial charge >= 0.3 is 11.4 Å². The molecule has 0 aromatic heterocycles. The lowest BCUT2D eigenvalue weighted by molar-refractivity contribution is 0.0165. The van der Waals surface area contributed by atoms with Crippen LogP contribution in [0.25, 0.3) is 0 Å². The smallest absolute Gasteiger partial charge is 0.305 e. The highest BCUT2D eigenvalue weighted by molar-refractivity contribution is 7.75. The molecule has 1 aromatic rings. The van der Waals surface area contributed by atoms with Gasteiger partial charge in [0.25, 0.3) is 6.43 Å². The molecular weight excluding hydrogens is 330 g/mol. The van der Waals surface area contributed by atoms with Crippen molar-refractivity contribution in [3.63, 3.8) is 0 Å². The Labute approximate surface area is 136 Å². The van der Waals surface area contributed by atoms with E-state index in [1.807, 2.05) is 0 Å². The lowest BCUT2D eigenvalue weighted by Gasteiger charge is -2.30. The van der Waals surface area contributed by atoms with E-state index in [1.54, 1.807) is 31.4 Å². The molecule has 5 nitrogen and oxygen atoms in total. The van der Waals surface area contributed by atoms with Crippen LogP contribution >= 0.6 is 0 Å². The highest BCUT2D eigenvalue weighted by atomic mass is 32.2. The van der Waals surface area contributed by atoms with Crippen LogP contribution in [0.2, 0.25) is 0 Å². The molecular formula is C15H20F2O5S. The fourth-order valence-corrected chi connectivity index (χ4v) is 3.06. The molecule has 0 radical (unpaired) electrons. The van der Waals surface area contributed by atoms with Gasteiger partial charge in [-0.2, -0.15) is 4.21 Å². The number of halogens is 2. The maximum Gasteiger partial charge on any atom is 0.305 e. The minimum atomic E-state index is -2.68. The summed E-state index contributed by atoms with van der Waals surface area (Å²) in [6.45, 7) is -0.913. The van der Waals surface area contributed by atoms with Crippen molar-refractivity contribution in [1.29, 1.82) is 0 Å². The third-order valence-electron chi connectivity index (χ3n) is 3.48. The van der Waals surface area contributed by atoms with Crippen LogP contribution in [-0.2, 0) is 19.7 Å². The molecule has 1 fully saturated rings.